The molecule has 0 radical (unpaired) electrons. The lowest BCUT2D eigenvalue weighted by Gasteiger charge is -2.11. The third-order valence-electron chi connectivity index (χ3n) is 2.53. The molecule has 2 aromatic carbocycles. The molecule has 0 atom stereocenters. The van der Waals surface area contributed by atoms with Crippen molar-refractivity contribution in [1.29, 1.82) is 0 Å². The van der Waals surface area contributed by atoms with E-state index in [2.05, 4.69) is 21.2 Å². The first-order valence-electron chi connectivity index (χ1n) is 5.88. The quantitative estimate of drug-likeness (QED) is 0.763. The van der Waals surface area contributed by atoms with Gasteiger partial charge in [-0.2, -0.15) is 0 Å². The summed E-state index contributed by atoms with van der Waals surface area (Å²) in [7, 11) is 0. The fourth-order valence-electron chi connectivity index (χ4n) is 1.58. The number of anilines is 2. The van der Waals surface area contributed by atoms with Gasteiger partial charge in [0.15, 0.2) is 6.61 Å². The topological polar surface area (TPSA) is 64.3 Å². The smallest absolute Gasteiger partial charge is 0.262 e. The van der Waals surface area contributed by atoms with Gasteiger partial charge in [0.05, 0.1) is 16.4 Å². The summed E-state index contributed by atoms with van der Waals surface area (Å²) < 4.78 is 6.29. The van der Waals surface area contributed by atoms with E-state index in [9.17, 15) is 4.79 Å². The van der Waals surface area contributed by atoms with Crippen LogP contribution in [-0.4, -0.2) is 12.5 Å². The van der Waals surface area contributed by atoms with Crippen LogP contribution < -0.4 is 15.8 Å². The molecule has 0 bridgehead atoms. The van der Waals surface area contributed by atoms with Crippen molar-refractivity contribution in [2.45, 2.75) is 0 Å². The predicted octanol–water partition coefficient (Wildman–Crippen LogP) is 4.36. The van der Waals surface area contributed by atoms with Crippen LogP contribution in [0.2, 0.25) is 10.0 Å². The minimum Gasteiger partial charge on any atom is -0.484 e. The summed E-state index contributed by atoms with van der Waals surface area (Å²) in [5, 5.41) is 3.28. The Kier molecular flexibility index (Phi) is 5.33. The van der Waals surface area contributed by atoms with Crippen LogP contribution in [0.4, 0.5) is 11.4 Å². The first-order chi connectivity index (χ1) is 9.95. The summed E-state index contributed by atoms with van der Waals surface area (Å²) in [5.41, 5.74) is 6.39. The van der Waals surface area contributed by atoms with E-state index < -0.39 is 0 Å². The summed E-state index contributed by atoms with van der Waals surface area (Å²) in [5.74, 6) is 0.220. The highest BCUT2D eigenvalue weighted by Gasteiger charge is 2.11. The molecule has 4 nitrogen and oxygen atoms in total. The fraction of sp³-hybridized carbons (Fsp3) is 0.0714. The highest BCUT2D eigenvalue weighted by atomic mass is 79.9. The standard InChI is InChI=1S/C14H11BrCl2N2O2/c15-8-1-3-10(4-2-8)21-7-13(20)19-14-11(17)5-9(16)6-12(14)18/h1-6H,7,18H2,(H,19,20). The molecule has 110 valence electrons. The summed E-state index contributed by atoms with van der Waals surface area (Å²) in [6.07, 6.45) is 0. The van der Waals surface area contributed by atoms with Gasteiger partial charge < -0.3 is 15.8 Å². The number of nitrogens with two attached hydrogens (primary N) is 1. The van der Waals surface area contributed by atoms with E-state index in [1.165, 1.54) is 12.1 Å². The van der Waals surface area contributed by atoms with Crippen LogP contribution >= 0.6 is 39.1 Å². The molecule has 0 unspecified atom stereocenters. The number of ether oxygens (including phenoxy) is 1. The number of carbonyl (C=O) groups excluding carboxylic acids is 1. The van der Waals surface area contributed by atoms with Crippen LogP contribution in [0.15, 0.2) is 40.9 Å². The third kappa shape index (κ3) is 4.52. The lowest BCUT2D eigenvalue weighted by atomic mass is 10.2. The maximum atomic E-state index is 11.8. The number of carbonyl (C=O) groups is 1. The van der Waals surface area contributed by atoms with Crippen LogP contribution in [0, 0.1) is 0 Å². The van der Waals surface area contributed by atoms with E-state index in [0.717, 1.165) is 4.47 Å². The Morgan fingerprint density at radius 1 is 1.24 bits per heavy atom. The Labute approximate surface area is 140 Å². The van der Waals surface area contributed by atoms with Crippen LogP contribution in [-0.2, 0) is 4.79 Å². The predicted molar refractivity (Wildman–Crippen MR) is 89.1 cm³/mol. The van der Waals surface area contributed by atoms with Gasteiger partial charge in [0, 0.05) is 9.50 Å². The second-order valence-corrected chi connectivity index (χ2v) is 5.90. The fourth-order valence-corrected chi connectivity index (χ4v) is 2.40. The van der Waals surface area contributed by atoms with Crippen LogP contribution in [0.5, 0.6) is 5.75 Å². The molecule has 0 aliphatic rings. The lowest BCUT2D eigenvalue weighted by molar-refractivity contribution is -0.118. The van der Waals surface area contributed by atoms with Crippen LogP contribution in [0.25, 0.3) is 0 Å². The van der Waals surface area contributed by atoms with Crippen molar-refractivity contribution in [1.82, 2.24) is 0 Å². The van der Waals surface area contributed by atoms with E-state index in [0.29, 0.717) is 22.1 Å². The van der Waals surface area contributed by atoms with Gasteiger partial charge in [-0.1, -0.05) is 39.1 Å². The Morgan fingerprint density at radius 3 is 2.52 bits per heavy atom. The molecule has 0 saturated heterocycles. The number of rotatable bonds is 4. The number of benzene rings is 2. The SMILES string of the molecule is Nc1cc(Cl)cc(Cl)c1NC(=O)COc1ccc(Br)cc1. The molecule has 2 aromatic rings. The highest BCUT2D eigenvalue weighted by molar-refractivity contribution is 9.10. The summed E-state index contributed by atoms with van der Waals surface area (Å²) in [4.78, 5) is 11.8. The van der Waals surface area contributed by atoms with Crippen molar-refractivity contribution < 1.29 is 9.53 Å². The van der Waals surface area contributed by atoms with Crippen molar-refractivity contribution >= 4 is 56.4 Å². The van der Waals surface area contributed by atoms with Gasteiger partial charge in [0.1, 0.15) is 5.75 Å². The maximum Gasteiger partial charge on any atom is 0.262 e. The van der Waals surface area contributed by atoms with Gasteiger partial charge in [0.25, 0.3) is 5.91 Å². The molecule has 21 heavy (non-hydrogen) atoms. The van der Waals surface area contributed by atoms with E-state index in [1.54, 1.807) is 12.1 Å². The number of halogens is 3. The van der Waals surface area contributed by atoms with E-state index in [1.807, 2.05) is 12.1 Å². The molecule has 2 rings (SSSR count). The summed E-state index contributed by atoms with van der Waals surface area (Å²) in [6.45, 7) is -0.153. The molecule has 0 aliphatic heterocycles. The zero-order chi connectivity index (χ0) is 15.4. The third-order valence-corrected chi connectivity index (χ3v) is 3.58. The average molecular weight is 390 g/mol. The molecule has 0 fully saturated rings. The van der Waals surface area contributed by atoms with Gasteiger partial charge in [-0.3, -0.25) is 4.79 Å². The lowest BCUT2D eigenvalue weighted by Crippen LogP contribution is -2.21. The number of amides is 1. The number of hydrogen-bond acceptors (Lipinski definition) is 3. The molecular formula is C14H11BrCl2N2O2. The summed E-state index contributed by atoms with van der Waals surface area (Å²) >= 11 is 15.1. The largest absolute Gasteiger partial charge is 0.484 e. The highest BCUT2D eigenvalue weighted by Crippen LogP contribution is 2.31. The molecule has 0 aliphatic carbocycles. The monoisotopic (exact) mass is 388 g/mol. The van der Waals surface area contributed by atoms with Gasteiger partial charge in [-0.05, 0) is 36.4 Å². The zero-order valence-corrected chi connectivity index (χ0v) is 13.8. The second-order valence-electron chi connectivity index (χ2n) is 4.14. The second kappa shape index (κ2) is 7.02. The van der Waals surface area contributed by atoms with Gasteiger partial charge in [0.2, 0.25) is 0 Å². The molecule has 0 aromatic heterocycles. The molecule has 0 saturated carbocycles. The van der Waals surface area contributed by atoms with Crippen molar-refractivity contribution in [3.05, 3.63) is 50.9 Å². The Hall–Kier alpha value is -1.43. The molecule has 0 spiro atoms. The summed E-state index contributed by atoms with van der Waals surface area (Å²) in [6, 6.07) is 10.2. The average Bonchev–Trinajstić information content (AvgIpc) is 2.42. The van der Waals surface area contributed by atoms with E-state index in [4.69, 9.17) is 33.7 Å². The first kappa shape index (κ1) is 15.9. The van der Waals surface area contributed by atoms with Crippen molar-refractivity contribution in [3.8, 4) is 5.75 Å². The normalized spacial score (nSPS) is 10.2. The maximum absolute atomic E-state index is 11.8. The van der Waals surface area contributed by atoms with Crippen LogP contribution in [0.1, 0.15) is 0 Å². The van der Waals surface area contributed by atoms with Gasteiger partial charge in [-0.15, -0.1) is 0 Å². The molecule has 0 heterocycles. The Balaban J connectivity index is 1.97. The molecular weight excluding hydrogens is 379 g/mol. The number of hydrogen-bond donors (Lipinski definition) is 2. The van der Waals surface area contributed by atoms with Crippen LogP contribution in [0.3, 0.4) is 0 Å². The molecule has 3 N–H and O–H groups in total. The Bertz CT molecular complexity index is 640. The minimum atomic E-state index is -0.367. The van der Waals surface area contributed by atoms with E-state index >= 15 is 0 Å². The number of nitrogen functional groups attached to an aromatic ring is 1. The first-order valence-corrected chi connectivity index (χ1v) is 7.43. The van der Waals surface area contributed by atoms with Gasteiger partial charge in [-0.25, -0.2) is 0 Å². The Morgan fingerprint density at radius 2 is 1.90 bits per heavy atom. The minimum absolute atomic E-state index is 0.153. The van der Waals surface area contributed by atoms with Crippen molar-refractivity contribution in [3.63, 3.8) is 0 Å². The van der Waals surface area contributed by atoms with E-state index in [-0.39, 0.29) is 17.5 Å². The van der Waals surface area contributed by atoms with Crippen molar-refractivity contribution in [2.75, 3.05) is 17.7 Å². The van der Waals surface area contributed by atoms with Crippen molar-refractivity contribution in [2.24, 2.45) is 0 Å². The molecule has 1 amide bonds. The zero-order valence-electron chi connectivity index (χ0n) is 10.7. The van der Waals surface area contributed by atoms with Gasteiger partial charge >= 0.3 is 0 Å². The number of nitrogens with one attached hydrogen (secondary N) is 1. The molecule has 7 heteroatoms.